The second-order valence-corrected chi connectivity index (χ2v) is 5.79. The second kappa shape index (κ2) is 4.19. The van der Waals surface area contributed by atoms with E-state index in [4.69, 9.17) is 0 Å². The number of hydrogen-bond acceptors (Lipinski definition) is 2. The second-order valence-electron chi connectivity index (χ2n) is 5.23. The summed E-state index contributed by atoms with van der Waals surface area (Å²) in [5, 5.41) is 0.855. The highest BCUT2D eigenvalue weighted by Gasteiger charge is 2.43. The summed E-state index contributed by atoms with van der Waals surface area (Å²) in [4.78, 5) is 25.9. The molecule has 0 spiro atoms. The first-order valence-corrected chi connectivity index (χ1v) is 7.30. The van der Waals surface area contributed by atoms with Gasteiger partial charge in [0.2, 0.25) is 0 Å². The van der Waals surface area contributed by atoms with Gasteiger partial charge in [-0.1, -0.05) is 34.5 Å². The van der Waals surface area contributed by atoms with Crippen LogP contribution in [0.25, 0.3) is 0 Å². The van der Waals surface area contributed by atoms with E-state index in [2.05, 4.69) is 15.9 Å². The highest BCUT2D eigenvalue weighted by atomic mass is 79.9. The molecule has 1 aliphatic carbocycles. The highest BCUT2D eigenvalue weighted by molar-refractivity contribution is 9.09. The number of imide groups is 1. The van der Waals surface area contributed by atoms with E-state index in [1.54, 1.807) is 24.3 Å². The number of rotatable bonds is 3. The minimum Gasteiger partial charge on any atom is -0.274 e. The lowest BCUT2D eigenvalue weighted by Gasteiger charge is -2.42. The number of fused-ring (bicyclic) bond motifs is 1. The van der Waals surface area contributed by atoms with E-state index in [0.29, 0.717) is 17.7 Å². The van der Waals surface area contributed by atoms with Crippen LogP contribution < -0.4 is 0 Å². The van der Waals surface area contributed by atoms with Crippen molar-refractivity contribution in [3.8, 4) is 0 Å². The normalized spacial score (nSPS) is 20.8. The van der Waals surface area contributed by atoms with Crippen LogP contribution in [0.2, 0.25) is 0 Å². The quantitative estimate of drug-likeness (QED) is 0.636. The predicted octanol–water partition coefficient (Wildman–Crippen LogP) is 2.85. The standard InChI is InChI=1S/C14H14BrNO2/c15-8-14(6-3-7-14)9-16-12(17)10-4-1-2-5-11(10)13(16)18/h1-2,4-5H,3,6-9H2. The van der Waals surface area contributed by atoms with Gasteiger partial charge in [0.1, 0.15) is 0 Å². The maximum absolute atomic E-state index is 12.2. The van der Waals surface area contributed by atoms with Crippen LogP contribution in [0.5, 0.6) is 0 Å². The van der Waals surface area contributed by atoms with Gasteiger partial charge in [-0.3, -0.25) is 14.5 Å². The molecule has 1 fully saturated rings. The number of alkyl halides is 1. The fourth-order valence-electron chi connectivity index (χ4n) is 2.73. The lowest BCUT2D eigenvalue weighted by atomic mass is 9.70. The Hall–Kier alpha value is -1.16. The molecule has 4 heteroatoms. The molecule has 0 radical (unpaired) electrons. The molecule has 1 saturated carbocycles. The Morgan fingerprint density at radius 3 is 2.06 bits per heavy atom. The number of carbonyl (C=O) groups is 2. The Balaban J connectivity index is 1.88. The van der Waals surface area contributed by atoms with Crippen molar-refractivity contribution in [1.29, 1.82) is 0 Å². The van der Waals surface area contributed by atoms with E-state index in [9.17, 15) is 9.59 Å². The predicted molar refractivity (Wildman–Crippen MR) is 71.9 cm³/mol. The molecule has 0 N–H and O–H groups in total. The Morgan fingerprint density at radius 1 is 1.11 bits per heavy atom. The molecule has 0 aromatic heterocycles. The first-order valence-electron chi connectivity index (χ1n) is 6.18. The van der Waals surface area contributed by atoms with Crippen LogP contribution >= 0.6 is 15.9 Å². The zero-order chi connectivity index (χ0) is 12.8. The van der Waals surface area contributed by atoms with Gasteiger partial charge in [-0.25, -0.2) is 0 Å². The SMILES string of the molecule is O=C1c2ccccc2C(=O)N1CC1(CBr)CCC1. The number of hydrogen-bond donors (Lipinski definition) is 0. The summed E-state index contributed by atoms with van der Waals surface area (Å²) in [6, 6.07) is 7.07. The third-order valence-corrected chi connectivity index (χ3v) is 5.26. The number of halogens is 1. The molecule has 2 amide bonds. The van der Waals surface area contributed by atoms with Crippen molar-refractivity contribution in [2.75, 3.05) is 11.9 Å². The van der Waals surface area contributed by atoms with Crippen LogP contribution in [-0.2, 0) is 0 Å². The molecular formula is C14H14BrNO2. The Bertz CT molecular complexity index is 482. The Kier molecular flexibility index (Phi) is 2.77. The lowest BCUT2D eigenvalue weighted by molar-refractivity contribution is 0.0488. The van der Waals surface area contributed by atoms with Gasteiger partial charge in [0.15, 0.2) is 0 Å². The average molecular weight is 308 g/mol. The van der Waals surface area contributed by atoms with Crippen molar-refractivity contribution in [1.82, 2.24) is 4.90 Å². The molecule has 0 atom stereocenters. The van der Waals surface area contributed by atoms with Gasteiger partial charge in [0, 0.05) is 11.9 Å². The van der Waals surface area contributed by atoms with Gasteiger partial charge in [-0.05, 0) is 30.4 Å². The van der Waals surface area contributed by atoms with Gasteiger partial charge in [0.05, 0.1) is 11.1 Å². The molecule has 0 unspecified atom stereocenters. The molecule has 18 heavy (non-hydrogen) atoms. The molecule has 0 saturated heterocycles. The van der Waals surface area contributed by atoms with Crippen molar-refractivity contribution in [2.45, 2.75) is 19.3 Å². The van der Waals surface area contributed by atoms with E-state index < -0.39 is 0 Å². The number of amides is 2. The monoisotopic (exact) mass is 307 g/mol. The summed E-state index contributed by atoms with van der Waals surface area (Å²) in [7, 11) is 0. The summed E-state index contributed by atoms with van der Waals surface area (Å²) in [5.41, 5.74) is 1.20. The maximum Gasteiger partial charge on any atom is 0.261 e. The largest absolute Gasteiger partial charge is 0.274 e. The third kappa shape index (κ3) is 1.62. The van der Waals surface area contributed by atoms with E-state index in [1.165, 1.54) is 11.3 Å². The molecule has 1 aromatic carbocycles. The van der Waals surface area contributed by atoms with Gasteiger partial charge in [-0.15, -0.1) is 0 Å². The summed E-state index contributed by atoms with van der Waals surface area (Å²) >= 11 is 3.52. The van der Waals surface area contributed by atoms with Crippen molar-refractivity contribution in [3.05, 3.63) is 35.4 Å². The van der Waals surface area contributed by atoms with Crippen LogP contribution in [-0.4, -0.2) is 28.6 Å². The molecule has 1 heterocycles. The summed E-state index contributed by atoms with van der Waals surface area (Å²) in [6.07, 6.45) is 3.37. The molecule has 94 valence electrons. The van der Waals surface area contributed by atoms with Gasteiger partial charge in [0.25, 0.3) is 11.8 Å². The molecule has 2 aliphatic rings. The summed E-state index contributed by atoms with van der Waals surface area (Å²) < 4.78 is 0. The zero-order valence-corrected chi connectivity index (χ0v) is 11.6. The Morgan fingerprint density at radius 2 is 1.67 bits per heavy atom. The number of nitrogens with zero attached hydrogens (tertiary/aromatic N) is 1. The fourth-order valence-corrected chi connectivity index (χ4v) is 3.47. The van der Waals surface area contributed by atoms with Crippen molar-refractivity contribution in [2.24, 2.45) is 5.41 Å². The molecule has 1 aromatic rings. The smallest absolute Gasteiger partial charge is 0.261 e. The summed E-state index contributed by atoms with van der Waals surface area (Å²) in [6.45, 7) is 0.546. The average Bonchev–Trinajstić information content (AvgIpc) is 2.59. The van der Waals surface area contributed by atoms with E-state index in [-0.39, 0.29) is 17.2 Å². The van der Waals surface area contributed by atoms with Crippen LogP contribution in [0.15, 0.2) is 24.3 Å². The third-order valence-electron chi connectivity index (χ3n) is 4.07. The molecular weight excluding hydrogens is 294 g/mol. The van der Waals surface area contributed by atoms with Crippen molar-refractivity contribution in [3.63, 3.8) is 0 Å². The zero-order valence-electron chi connectivity index (χ0n) is 9.99. The maximum atomic E-state index is 12.2. The topological polar surface area (TPSA) is 37.4 Å². The molecule has 0 bridgehead atoms. The molecule has 3 rings (SSSR count). The van der Waals surface area contributed by atoms with Crippen LogP contribution in [0, 0.1) is 5.41 Å². The van der Waals surface area contributed by atoms with E-state index in [1.807, 2.05) is 0 Å². The molecule has 1 aliphatic heterocycles. The fraction of sp³-hybridized carbons (Fsp3) is 0.429. The number of carbonyl (C=O) groups excluding carboxylic acids is 2. The van der Waals surface area contributed by atoms with Gasteiger partial charge >= 0.3 is 0 Å². The molecule has 3 nitrogen and oxygen atoms in total. The van der Waals surface area contributed by atoms with Crippen molar-refractivity contribution < 1.29 is 9.59 Å². The van der Waals surface area contributed by atoms with Crippen molar-refractivity contribution >= 4 is 27.7 Å². The van der Waals surface area contributed by atoms with Crippen LogP contribution in [0.1, 0.15) is 40.0 Å². The van der Waals surface area contributed by atoms with Crippen LogP contribution in [0.4, 0.5) is 0 Å². The Labute approximate surface area is 114 Å². The van der Waals surface area contributed by atoms with E-state index in [0.717, 1.165) is 18.2 Å². The van der Waals surface area contributed by atoms with E-state index >= 15 is 0 Å². The first kappa shape index (κ1) is 11.9. The number of benzene rings is 1. The van der Waals surface area contributed by atoms with Crippen LogP contribution in [0.3, 0.4) is 0 Å². The van der Waals surface area contributed by atoms with Gasteiger partial charge in [-0.2, -0.15) is 0 Å². The van der Waals surface area contributed by atoms with Gasteiger partial charge < -0.3 is 0 Å². The highest BCUT2D eigenvalue weighted by Crippen LogP contribution is 2.44. The minimum absolute atomic E-state index is 0.105. The minimum atomic E-state index is -0.136. The summed E-state index contributed by atoms with van der Waals surface area (Å²) in [5.74, 6) is -0.273. The first-order chi connectivity index (χ1) is 8.67. The lowest BCUT2D eigenvalue weighted by Crippen LogP contribution is -2.45.